The van der Waals surface area contributed by atoms with Gasteiger partial charge in [0.05, 0.1) is 9.97 Å². The molecule has 2 nitrogen and oxygen atoms in total. The highest BCUT2D eigenvalue weighted by atomic mass is 127. The largest absolute Gasteiger partial charge is 0.344 e. The van der Waals surface area contributed by atoms with E-state index in [-0.39, 0.29) is 21.0 Å². The molecule has 0 unspecified atom stereocenters. The van der Waals surface area contributed by atoms with Gasteiger partial charge in [-0.05, 0) is 6.92 Å². The lowest BCUT2D eigenvalue weighted by Gasteiger charge is -1.81. The topological polar surface area (TPSA) is 24.4 Å². The normalized spacial score (nSPS) is 18.5. The monoisotopic (exact) mass is 196 g/mol. The summed E-state index contributed by atoms with van der Waals surface area (Å²) in [7, 11) is 0. The minimum atomic E-state index is 0.0544. The van der Waals surface area contributed by atoms with Gasteiger partial charge in [0.15, 0.2) is 0 Å². The van der Waals surface area contributed by atoms with Crippen molar-refractivity contribution in [3.63, 3.8) is 0 Å². The molecule has 0 aromatic rings. The number of nitrogens with zero attached hydrogens (tertiary/aromatic N) is 1. The van der Waals surface area contributed by atoms with Gasteiger partial charge < -0.3 is 5.32 Å². The Morgan fingerprint density at radius 3 is 3.00 bits per heavy atom. The van der Waals surface area contributed by atoms with E-state index in [1.165, 1.54) is 3.63 Å². The quantitative estimate of drug-likeness (QED) is 0.565. The molecule has 0 bridgehead atoms. The zero-order chi connectivity index (χ0) is 4.41. The van der Waals surface area contributed by atoms with E-state index in [2.05, 4.69) is 15.4 Å². The molecule has 3 heteroatoms. The second-order valence-electron chi connectivity index (χ2n) is 0.989. The maximum absolute atomic E-state index is 4.00. The molecule has 0 aromatic heterocycles. The number of hydrogen-bond acceptors (Lipinski definition) is 2. The first-order valence-electron chi connectivity index (χ1n) is 1.65. The maximum Gasteiger partial charge on any atom is 0.0987 e. The Labute approximate surface area is 46.8 Å². The summed E-state index contributed by atoms with van der Waals surface area (Å²) in [6, 6.07) is 0. The number of hydrogen-bond donors (Lipinski definition) is 1. The summed E-state index contributed by atoms with van der Waals surface area (Å²) >= 11 is 0.0544. The van der Waals surface area contributed by atoms with Crippen molar-refractivity contribution in [2.75, 3.05) is 0 Å². The van der Waals surface area contributed by atoms with Crippen molar-refractivity contribution >= 4 is 31.0 Å². The summed E-state index contributed by atoms with van der Waals surface area (Å²) < 4.78 is 5.34. The summed E-state index contributed by atoms with van der Waals surface area (Å²) in [5.74, 6) is 0. The molecule has 1 aliphatic heterocycles. The Morgan fingerprint density at radius 2 is 2.83 bits per heavy atom. The van der Waals surface area contributed by atoms with E-state index < -0.39 is 0 Å². The SMILES string of the molecule is CC1=IN=CN1. The molecule has 1 heterocycles. The lowest BCUT2D eigenvalue weighted by atomic mass is 10.8. The molecule has 6 heavy (non-hydrogen) atoms. The molecule has 0 aromatic carbocycles. The molecule has 1 aliphatic rings. The minimum Gasteiger partial charge on any atom is -0.344 e. The maximum atomic E-state index is 4.00. The summed E-state index contributed by atoms with van der Waals surface area (Å²) in [5.41, 5.74) is 0. The molecule has 0 saturated heterocycles. The lowest BCUT2D eigenvalue weighted by Crippen LogP contribution is -2.10. The molecule has 0 aliphatic carbocycles. The Hall–Kier alpha value is 0.0700. The zero-order valence-electron chi connectivity index (χ0n) is 3.40. The van der Waals surface area contributed by atoms with Gasteiger partial charge in [-0.2, -0.15) is 0 Å². The van der Waals surface area contributed by atoms with Crippen LogP contribution in [0.4, 0.5) is 0 Å². The highest BCUT2D eigenvalue weighted by Crippen LogP contribution is 2.01. The summed E-state index contributed by atoms with van der Waals surface area (Å²) in [4.78, 5) is 0. The molecule has 0 radical (unpaired) electrons. The predicted molar refractivity (Wildman–Crippen MR) is 36.3 cm³/mol. The Bertz CT molecular complexity index is 105. The van der Waals surface area contributed by atoms with Crippen molar-refractivity contribution in [2.24, 2.45) is 3.21 Å². The van der Waals surface area contributed by atoms with Crippen LogP contribution in [0.15, 0.2) is 3.21 Å². The predicted octanol–water partition coefficient (Wildman–Crippen LogP) is 0.653. The van der Waals surface area contributed by atoms with Crippen LogP contribution in [-0.4, -0.2) is 9.97 Å². The van der Waals surface area contributed by atoms with Crippen molar-refractivity contribution in [3.8, 4) is 0 Å². The summed E-state index contributed by atoms with van der Waals surface area (Å²) in [6.45, 7) is 2.07. The van der Waals surface area contributed by atoms with Crippen LogP contribution in [0.2, 0.25) is 0 Å². The van der Waals surface area contributed by atoms with Crippen LogP contribution >= 0.6 is 21.0 Å². The van der Waals surface area contributed by atoms with E-state index in [1.54, 1.807) is 6.34 Å². The first-order valence-corrected chi connectivity index (χ1v) is 3.70. The van der Waals surface area contributed by atoms with Gasteiger partial charge in [-0.1, -0.05) is 0 Å². The molecule has 0 amide bonds. The average molecular weight is 196 g/mol. The van der Waals surface area contributed by atoms with Gasteiger partial charge in [0.25, 0.3) is 0 Å². The number of nitrogens with one attached hydrogen (secondary N) is 1. The third-order valence-corrected chi connectivity index (χ3v) is 2.08. The van der Waals surface area contributed by atoms with Crippen molar-refractivity contribution in [2.45, 2.75) is 6.92 Å². The van der Waals surface area contributed by atoms with E-state index >= 15 is 0 Å². The van der Waals surface area contributed by atoms with Crippen molar-refractivity contribution in [1.29, 1.82) is 0 Å². The van der Waals surface area contributed by atoms with Crippen LogP contribution in [0, 0.1) is 0 Å². The molecule has 0 saturated carbocycles. The highest BCUT2D eigenvalue weighted by Gasteiger charge is 1.86. The van der Waals surface area contributed by atoms with Gasteiger partial charge >= 0.3 is 0 Å². The number of halogens is 1. The Balaban J connectivity index is 2.61. The molecule has 34 valence electrons. The zero-order valence-corrected chi connectivity index (χ0v) is 5.56. The van der Waals surface area contributed by atoms with Crippen LogP contribution < -0.4 is 5.32 Å². The molecule has 1 rings (SSSR count). The highest BCUT2D eigenvalue weighted by molar-refractivity contribution is 14.2. The van der Waals surface area contributed by atoms with Gasteiger partial charge in [0, 0.05) is 21.0 Å². The third-order valence-electron chi connectivity index (χ3n) is 0.488. The van der Waals surface area contributed by atoms with Crippen molar-refractivity contribution in [3.05, 3.63) is 0 Å². The lowest BCUT2D eigenvalue weighted by molar-refractivity contribution is 1.46. The van der Waals surface area contributed by atoms with E-state index in [0.29, 0.717) is 0 Å². The average Bonchev–Trinajstić information content (AvgIpc) is 1.86. The first kappa shape index (κ1) is 4.23. The van der Waals surface area contributed by atoms with Crippen LogP contribution in [0.1, 0.15) is 6.92 Å². The summed E-state index contributed by atoms with van der Waals surface area (Å²) in [6.07, 6.45) is 1.77. The summed E-state index contributed by atoms with van der Waals surface area (Å²) in [5, 5.41) is 2.99. The third kappa shape index (κ3) is 0.767. The Kier molecular flexibility index (Phi) is 1.19. The van der Waals surface area contributed by atoms with Crippen LogP contribution in [0.25, 0.3) is 0 Å². The molecular weight excluding hydrogens is 191 g/mol. The fourth-order valence-electron chi connectivity index (χ4n) is 0.235. The molecular formula is C3H5IN2. The Morgan fingerprint density at radius 1 is 2.00 bits per heavy atom. The number of rotatable bonds is 0. The smallest absolute Gasteiger partial charge is 0.0987 e. The van der Waals surface area contributed by atoms with E-state index in [4.69, 9.17) is 0 Å². The fourth-order valence-corrected chi connectivity index (χ4v) is 1.21. The van der Waals surface area contributed by atoms with E-state index in [0.717, 1.165) is 0 Å². The fraction of sp³-hybridized carbons (Fsp3) is 0.333. The molecule has 0 atom stereocenters. The van der Waals surface area contributed by atoms with Gasteiger partial charge in [-0.15, -0.1) is 0 Å². The molecule has 0 spiro atoms. The van der Waals surface area contributed by atoms with E-state index in [9.17, 15) is 0 Å². The van der Waals surface area contributed by atoms with Gasteiger partial charge in [-0.3, -0.25) is 0 Å². The second kappa shape index (κ2) is 1.68. The van der Waals surface area contributed by atoms with Gasteiger partial charge in [0.1, 0.15) is 0 Å². The first-order chi connectivity index (χ1) is 2.89. The molecule has 0 fully saturated rings. The van der Waals surface area contributed by atoms with Crippen LogP contribution in [-0.2, 0) is 0 Å². The van der Waals surface area contributed by atoms with Crippen molar-refractivity contribution in [1.82, 2.24) is 5.32 Å². The van der Waals surface area contributed by atoms with Crippen molar-refractivity contribution < 1.29 is 0 Å². The van der Waals surface area contributed by atoms with Gasteiger partial charge in [0.2, 0.25) is 0 Å². The van der Waals surface area contributed by atoms with Crippen LogP contribution in [0.3, 0.4) is 0 Å². The standard InChI is InChI=1S/C3H5IN2/c1-3-4-6-2-5-3/h2H,1H3,(H,5,6). The molecule has 1 N–H and O–H groups in total. The minimum absolute atomic E-state index is 0.0544. The van der Waals surface area contributed by atoms with E-state index in [1.807, 2.05) is 0 Å². The van der Waals surface area contributed by atoms with Gasteiger partial charge in [-0.25, -0.2) is 3.21 Å². The second-order valence-corrected chi connectivity index (χ2v) is 3.65. The van der Waals surface area contributed by atoms with Crippen LogP contribution in [0.5, 0.6) is 0 Å².